The van der Waals surface area contributed by atoms with Crippen molar-refractivity contribution >= 4 is 34.6 Å². The van der Waals surface area contributed by atoms with Crippen LogP contribution in [0.1, 0.15) is 24.1 Å². The Morgan fingerprint density at radius 2 is 1.79 bits per heavy atom. The number of anilines is 2. The highest BCUT2D eigenvalue weighted by atomic mass is 35.5. The van der Waals surface area contributed by atoms with Gasteiger partial charge in [0.15, 0.2) is 0 Å². The molecule has 1 atom stereocenters. The number of hydrogen-bond acceptors (Lipinski definition) is 2. The molecule has 2 nitrogen and oxygen atoms in total. The monoisotopic (exact) mass is 294 g/mol. The quantitative estimate of drug-likeness (QED) is 0.777. The highest BCUT2D eigenvalue weighted by Gasteiger charge is 2.11. The predicted molar refractivity (Wildman–Crippen MR) is 84.1 cm³/mol. The third kappa shape index (κ3) is 3.14. The van der Waals surface area contributed by atoms with Crippen LogP contribution in [-0.4, -0.2) is 0 Å². The van der Waals surface area contributed by atoms with Crippen LogP contribution in [0.15, 0.2) is 36.4 Å². The Labute approximate surface area is 123 Å². The maximum atomic E-state index is 6.20. The van der Waals surface area contributed by atoms with Crippen LogP contribution in [0.5, 0.6) is 0 Å². The summed E-state index contributed by atoms with van der Waals surface area (Å²) in [5.74, 6) is 0. The number of halogens is 2. The van der Waals surface area contributed by atoms with Crippen LogP contribution in [0.25, 0.3) is 0 Å². The van der Waals surface area contributed by atoms with E-state index in [1.165, 1.54) is 0 Å². The molecular formula is C15H16Cl2N2. The molecule has 0 amide bonds. The first-order valence-corrected chi connectivity index (χ1v) is 6.81. The maximum Gasteiger partial charge on any atom is 0.0656 e. The van der Waals surface area contributed by atoms with Crippen LogP contribution in [0.2, 0.25) is 10.0 Å². The molecule has 1 unspecified atom stereocenters. The summed E-state index contributed by atoms with van der Waals surface area (Å²) in [4.78, 5) is 0. The number of nitrogens with one attached hydrogen (secondary N) is 1. The molecule has 0 aliphatic carbocycles. The van der Waals surface area contributed by atoms with Crippen molar-refractivity contribution in [2.24, 2.45) is 0 Å². The summed E-state index contributed by atoms with van der Waals surface area (Å²) in [7, 11) is 0. The fraction of sp³-hybridized carbons (Fsp3) is 0.200. The van der Waals surface area contributed by atoms with Gasteiger partial charge in [-0.3, -0.25) is 0 Å². The van der Waals surface area contributed by atoms with Crippen molar-refractivity contribution in [3.8, 4) is 0 Å². The smallest absolute Gasteiger partial charge is 0.0656 e. The second-order valence-corrected chi connectivity index (χ2v) is 5.39. The van der Waals surface area contributed by atoms with E-state index < -0.39 is 0 Å². The largest absolute Gasteiger partial charge is 0.398 e. The van der Waals surface area contributed by atoms with E-state index in [1.54, 1.807) is 0 Å². The van der Waals surface area contributed by atoms with Crippen LogP contribution in [0.4, 0.5) is 11.4 Å². The minimum atomic E-state index is 0.0899. The highest BCUT2D eigenvalue weighted by Crippen LogP contribution is 2.31. The lowest BCUT2D eigenvalue weighted by atomic mass is 10.1. The summed E-state index contributed by atoms with van der Waals surface area (Å²) in [6.07, 6.45) is 0. The molecule has 0 heterocycles. The molecule has 3 N–H and O–H groups in total. The Morgan fingerprint density at radius 3 is 2.47 bits per heavy atom. The van der Waals surface area contributed by atoms with Gasteiger partial charge in [-0.1, -0.05) is 41.4 Å². The van der Waals surface area contributed by atoms with E-state index in [-0.39, 0.29) is 6.04 Å². The number of nitrogen functional groups attached to an aromatic ring is 1. The topological polar surface area (TPSA) is 38.0 Å². The normalized spacial score (nSPS) is 12.2. The molecule has 0 aliphatic rings. The fourth-order valence-electron chi connectivity index (χ4n) is 2.00. The van der Waals surface area contributed by atoms with Gasteiger partial charge in [-0.15, -0.1) is 0 Å². The van der Waals surface area contributed by atoms with Gasteiger partial charge in [-0.2, -0.15) is 0 Å². The molecule has 0 aliphatic heterocycles. The predicted octanol–water partition coefficient (Wildman–Crippen LogP) is 5.06. The van der Waals surface area contributed by atoms with Gasteiger partial charge in [0, 0.05) is 16.8 Å². The van der Waals surface area contributed by atoms with Crippen molar-refractivity contribution in [2.45, 2.75) is 19.9 Å². The minimum Gasteiger partial charge on any atom is -0.398 e. The van der Waals surface area contributed by atoms with E-state index in [1.807, 2.05) is 43.3 Å². The maximum absolute atomic E-state index is 6.20. The van der Waals surface area contributed by atoms with E-state index >= 15 is 0 Å². The lowest BCUT2D eigenvalue weighted by Crippen LogP contribution is -2.08. The van der Waals surface area contributed by atoms with Crippen molar-refractivity contribution in [1.82, 2.24) is 0 Å². The third-order valence-electron chi connectivity index (χ3n) is 3.09. The summed E-state index contributed by atoms with van der Waals surface area (Å²) in [6.45, 7) is 4.05. The molecule has 0 bridgehead atoms. The average Bonchev–Trinajstić information content (AvgIpc) is 2.36. The van der Waals surface area contributed by atoms with Crippen molar-refractivity contribution in [3.05, 3.63) is 57.6 Å². The van der Waals surface area contributed by atoms with Gasteiger partial charge in [0.05, 0.1) is 10.7 Å². The Balaban J connectivity index is 2.27. The molecule has 2 rings (SSSR count). The van der Waals surface area contributed by atoms with Crippen molar-refractivity contribution < 1.29 is 0 Å². The molecule has 0 spiro atoms. The summed E-state index contributed by atoms with van der Waals surface area (Å²) < 4.78 is 0. The van der Waals surface area contributed by atoms with E-state index in [2.05, 4.69) is 12.2 Å². The van der Waals surface area contributed by atoms with E-state index in [0.29, 0.717) is 10.7 Å². The van der Waals surface area contributed by atoms with Crippen LogP contribution in [0.3, 0.4) is 0 Å². The van der Waals surface area contributed by atoms with Crippen LogP contribution < -0.4 is 11.1 Å². The highest BCUT2D eigenvalue weighted by molar-refractivity contribution is 6.33. The van der Waals surface area contributed by atoms with Gasteiger partial charge in [-0.25, -0.2) is 0 Å². The molecule has 2 aromatic carbocycles. The number of rotatable bonds is 3. The first-order chi connectivity index (χ1) is 8.99. The summed E-state index contributed by atoms with van der Waals surface area (Å²) in [5.41, 5.74) is 9.44. The van der Waals surface area contributed by atoms with E-state index in [0.717, 1.165) is 21.8 Å². The standard InChI is InChI=1S/C15H16Cl2N2/c1-9-7-14(18)13(17)8-15(9)19-10(2)11-5-3-4-6-12(11)16/h3-8,10,19H,18H2,1-2H3. The Kier molecular flexibility index (Phi) is 4.23. The molecule has 2 aromatic rings. The second kappa shape index (κ2) is 5.72. The Bertz CT molecular complexity index is 597. The van der Waals surface area contributed by atoms with E-state index in [9.17, 15) is 0 Å². The Morgan fingerprint density at radius 1 is 1.11 bits per heavy atom. The summed E-state index contributed by atoms with van der Waals surface area (Å²) in [5, 5.41) is 4.72. The molecule has 100 valence electrons. The van der Waals surface area contributed by atoms with Crippen LogP contribution in [0, 0.1) is 6.92 Å². The molecule has 0 saturated heterocycles. The molecule has 0 fully saturated rings. The first-order valence-electron chi connectivity index (χ1n) is 6.05. The summed E-state index contributed by atoms with van der Waals surface area (Å²) in [6, 6.07) is 11.6. The van der Waals surface area contributed by atoms with E-state index in [4.69, 9.17) is 28.9 Å². The van der Waals surface area contributed by atoms with Gasteiger partial charge in [0.2, 0.25) is 0 Å². The molecule has 0 aromatic heterocycles. The molecule has 0 radical (unpaired) electrons. The van der Waals surface area contributed by atoms with Gasteiger partial charge in [0.1, 0.15) is 0 Å². The number of benzene rings is 2. The minimum absolute atomic E-state index is 0.0899. The lowest BCUT2D eigenvalue weighted by Gasteiger charge is -2.19. The number of aryl methyl sites for hydroxylation is 1. The SMILES string of the molecule is Cc1cc(N)c(Cl)cc1NC(C)c1ccccc1Cl. The second-order valence-electron chi connectivity index (χ2n) is 4.58. The zero-order valence-electron chi connectivity index (χ0n) is 10.9. The zero-order chi connectivity index (χ0) is 14.0. The molecule has 4 heteroatoms. The number of hydrogen-bond donors (Lipinski definition) is 2. The summed E-state index contributed by atoms with van der Waals surface area (Å²) >= 11 is 12.3. The molecule has 0 saturated carbocycles. The number of nitrogens with two attached hydrogens (primary N) is 1. The van der Waals surface area contributed by atoms with Crippen molar-refractivity contribution in [2.75, 3.05) is 11.1 Å². The fourth-order valence-corrected chi connectivity index (χ4v) is 2.46. The van der Waals surface area contributed by atoms with Gasteiger partial charge >= 0.3 is 0 Å². The van der Waals surface area contributed by atoms with Crippen LogP contribution >= 0.6 is 23.2 Å². The van der Waals surface area contributed by atoms with Crippen LogP contribution in [-0.2, 0) is 0 Å². The Hall–Kier alpha value is -1.38. The van der Waals surface area contributed by atoms with Crippen molar-refractivity contribution in [1.29, 1.82) is 0 Å². The lowest BCUT2D eigenvalue weighted by molar-refractivity contribution is 0.883. The molecule has 19 heavy (non-hydrogen) atoms. The third-order valence-corrected chi connectivity index (χ3v) is 3.76. The first kappa shape index (κ1) is 14.0. The molecular weight excluding hydrogens is 279 g/mol. The zero-order valence-corrected chi connectivity index (χ0v) is 12.4. The van der Waals surface area contributed by atoms with Crippen molar-refractivity contribution in [3.63, 3.8) is 0 Å². The van der Waals surface area contributed by atoms with Gasteiger partial charge < -0.3 is 11.1 Å². The van der Waals surface area contributed by atoms with Gasteiger partial charge in [0.25, 0.3) is 0 Å². The van der Waals surface area contributed by atoms with Gasteiger partial charge in [-0.05, 0) is 43.2 Å². The average molecular weight is 295 g/mol.